The van der Waals surface area contributed by atoms with E-state index in [2.05, 4.69) is 0 Å². The summed E-state index contributed by atoms with van der Waals surface area (Å²) in [4.78, 5) is 25.8. The Morgan fingerprint density at radius 3 is 2.30 bits per heavy atom. The van der Waals surface area contributed by atoms with Gasteiger partial charge in [-0.3, -0.25) is 14.5 Å². The van der Waals surface area contributed by atoms with Crippen molar-refractivity contribution in [1.29, 1.82) is 0 Å². The first kappa shape index (κ1) is 16.9. The van der Waals surface area contributed by atoms with Gasteiger partial charge in [0.1, 0.15) is 6.04 Å². The molecule has 0 aromatic heterocycles. The predicted molar refractivity (Wildman–Crippen MR) is 73.3 cm³/mol. The van der Waals surface area contributed by atoms with Gasteiger partial charge in [-0.15, -0.1) is 0 Å². The summed E-state index contributed by atoms with van der Waals surface area (Å²) >= 11 is 0. The van der Waals surface area contributed by atoms with E-state index in [0.29, 0.717) is 39.5 Å². The first-order valence-corrected chi connectivity index (χ1v) is 7.33. The maximum Gasteiger partial charge on any atom is 0.323 e. The second kappa shape index (κ2) is 9.72. The minimum absolute atomic E-state index is 0.0442. The summed E-state index contributed by atoms with van der Waals surface area (Å²) < 4.78 is 15.5. The average Bonchev–Trinajstić information content (AvgIpc) is 2.49. The summed E-state index contributed by atoms with van der Waals surface area (Å²) in [6.45, 7) is 7.04. The molecular weight excluding hydrogens is 262 g/mol. The predicted octanol–water partition coefficient (Wildman–Crippen LogP) is 0.984. The van der Waals surface area contributed by atoms with Crippen molar-refractivity contribution in [2.24, 2.45) is 0 Å². The Labute approximate surface area is 120 Å². The van der Waals surface area contributed by atoms with Gasteiger partial charge < -0.3 is 14.2 Å². The molecule has 0 aromatic carbocycles. The highest BCUT2D eigenvalue weighted by molar-refractivity contribution is 5.82. The van der Waals surface area contributed by atoms with Crippen molar-refractivity contribution in [2.45, 2.75) is 39.2 Å². The summed E-state index contributed by atoms with van der Waals surface area (Å²) in [5.74, 6) is -0.695. The van der Waals surface area contributed by atoms with Crippen molar-refractivity contribution in [1.82, 2.24) is 4.90 Å². The lowest BCUT2D eigenvalue weighted by molar-refractivity contribution is -0.158. The molecule has 116 valence electrons. The topological polar surface area (TPSA) is 65.1 Å². The molecule has 1 aliphatic heterocycles. The van der Waals surface area contributed by atoms with Crippen molar-refractivity contribution in [3.05, 3.63) is 0 Å². The van der Waals surface area contributed by atoms with Crippen LogP contribution in [-0.2, 0) is 23.8 Å². The fourth-order valence-electron chi connectivity index (χ4n) is 1.98. The van der Waals surface area contributed by atoms with Crippen LogP contribution in [0.1, 0.15) is 33.1 Å². The monoisotopic (exact) mass is 287 g/mol. The molecule has 0 N–H and O–H groups in total. The van der Waals surface area contributed by atoms with Crippen LogP contribution >= 0.6 is 0 Å². The second-order valence-electron chi connectivity index (χ2n) is 4.76. The molecule has 0 spiro atoms. The molecule has 6 heteroatoms. The van der Waals surface area contributed by atoms with E-state index in [1.54, 1.807) is 0 Å². The lowest BCUT2D eigenvalue weighted by atomic mass is 10.1. The summed E-state index contributed by atoms with van der Waals surface area (Å²) in [6.07, 6.45) is 1.58. The molecule has 0 aromatic rings. The third-order valence-corrected chi connectivity index (χ3v) is 3.03. The fourth-order valence-corrected chi connectivity index (χ4v) is 1.98. The third kappa shape index (κ3) is 5.88. The van der Waals surface area contributed by atoms with Crippen LogP contribution in [0.5, 0.6) is 0 Å². The summed E-state index contributed by atoms with van der Waals surface area (Å²) in [7, 11) is 0. The molecular formula is C14H25NO5. The normalized spacial score (nSPS) is 17.5. The van der Waals surface area contributed by atoms with Gasteiger partial charge in [0.15, 0.2) is 0 Å². The second-order valence-corrected chi connectivity index (χ2v) is 4.76. The minimum Gasteiger partial charge on any atom is -0.466 e. The lowest BCUT2D eigenvalue weighted by Gasteiger charge is -2.32. The van der Waals surface area contributed by atoms with Crippen LogP contribution in [0.3, 0.4) is 0 Å². The van der Waals surface area contributed by atoms with Gasteiger partial charge >= 0.3 is 11.9 Å². The van der Waals surface area contributed by atoms with E-state index >= 15 is 0 Å². The molecule has 1 unspecified atom stereocenters. The molecule has 1 fully saturated rings. The zero-order chi connectivity index (χ0) is 14.8. The van der Waals surface area contributed by atoms with Gasteiger partial charge in [0.2, 0.25) is 0 Å². The van der Waals surface area contributed by atoms with Gasteiger partial charge in [0.25, 0.3) is 0 Å². The number of hydrogen-bond donors (Lipinski definition) is 0. The fraction of sp³-hybridized carbons (Fsp3) is 0.857. The van der Waals surface area contributed by atoms with E-state index in [1.165, 1.54) is 0 Å². The molecule has 1 saturated heterocycles. The SMILES string of the molecule is CCCOC(=O)CC(C(=O)OCCC)N1CCOCC1. The number of nitrogens with zero attached hydrogens (tertiary/aromatic N) is 1. The van der Waals surface area contributed by atoms with E-state index in [4.69, 9.17) is 14.2 Å². The van der Waals surface area contributed by atoms with Crippen LogP contribution < -0.4 is 0 Å². The maximum absolute atomic E-state index is 12.1. The van der Waals surface area contributed by atoms with E-state index in [9.17, 15) is 9.59 Å². The number of morpholine rings is 1. The van der Waals surface area contributed by atoms with Crippen molar-refractivity contribution in [3.8, 4) is 0 Å². The summed E-state index contributed by atoms with van der Waals surface area (Å²) in [6, 6.07) is -0.560. The number of carbonyl (C=O) groups excluding carboxylic acids is 2. The van der Waals surface area contributed by atoms with Gasteiger partial charge in [0, 0.05) is 13.1 Å². The quantitative estimate of drug-likeness (QED) is 0.620. The largest absolute Gasteiger partial charge is 0.466 e. The Balaban J connectivity index is 2.57. The van der Waals surface area contributed by atoms with Crippen molar-refractivity contribution >= 4 is 11.9 Å². The van der Waals surface area contributed by atoms with E-state index in [1.807, 2.05) is 18.7 Å². The molecule has 1 atom stereocenters. The Kier molecular flexibility index (Phi) is 8.22. The van der Waals surface area contributed by atoms with Crippen LogP contribution in [0.4, 0.5) is 0 Å². The van der Waals surface area contributed by atoms with Crippen LogP contribution in [0.25, 0.3) is 0 Å². The Hall–Kier alpha value is -1.14. The van der Waals surface area contributed by atoms with Crippen LogP contribution in [0.15, 0.2) is 0 Å². The Morgan fingerprint density at radius 1 is 1.10 bits per heavy atom. The highest BCUT2D eigenvalue weighted by atomic mass is 16.5. The third-order valence-electron chi connectivity index (χ3n) is 3.03. The molecule has 1 heterocycles. The van der Waals surface area contributed by atoms with Crippen LogP contribution in [0.2, 0.25) is 0 Å². The van der Waals surface area contributed by atoms with Gasteiger partial charge in [-0.25, -0.2) is 0 Å². The smallest absolute Gasteiger partial charge is 0.323 e. The molecule has 0 saturated carbocycles. The minimum atomic E-state index is -0.560. The van der Waals surface area contributed by atoms with Crippen molar-refractivity contribution in [2.75, 3.05) is 39.5 Å². The van der Waals surface area contributed by atoms with Gasteiger partial charge in [-0.2, -0.15) is 0 Å². The van der Waals surface area contributed by atoms with E-state index in [-0.39, 0.29) is 18.4 Å². The highest BCUT2D eigenvalue weighted by Crippen LogP contribution is 2.11. The first-order valence-electron chi connectivity index (χ1n) is 7.33. The van der Waals surface area contributed by atoms with Crippen molar-refractivity contribution < 1.29 is 23.8 Å². The number of hydrogen-bond acceptors (Lipinski definition) is 6. The number of rotatable bonds is 8. The zero-order valence-electron chi connectivity index (χ0n) is 12.4. The lowest BCUT2D eigenvalue weighted by Crippen LogP contribution is -2.49. The Morgan fingerprint density at radius 2 is 1.70 bits per heavy atom. The standard InChI is InChI=1S/C14H25NO5/c1-3-7-19-13(16)11-12(14(17)20-8-4-2)15-5-9-18-10-6-15/h12H,3-11H2,1-2H3. The number of ether oxygens (including phenoxy) is 3. The average molecular weight is 287 g/mol. The zero-order valence-corrected chi connectivity index (χ0v) is 12.4. The van der Waals surface area contributed by atoms with Crippen LogP contribution in [0, 0.1) is 0 Å². The number of carbonyl (C=O) groups is 2. The molecule has 0 aliphatic carbocycles. The van der Waals surface area contributed by atoms with Gasteiger partial charge in [-0.1, -0.05) is 13.8 Å². The molecule has 20 heavy (non-hydrogen) atoms. The molecule has 6 nitrogen and oxygen atoms in total. The molecule has 1 aliphatic rings. The first-order chi connectivity index (χ1) is 9.69. The highest BCUT2D eigenvalue weighted by Gasteiger charge is 2.31. The molecule has 0 amide bonds. The van der Waals surface area contributed by atoms with Crippen molar-refractivity contribution in [3.63, 3.8) is 0 Å². The Bertz CT molecular complexity index is 302. The summed E-state index contributed by atoms with van der Waals surface area (Å²) in [5.41, 5.74) is 0. The molecule has 1 rings (SSSR count). The molecule has 0 bridgehead atoms. The number of esters is 2. The van der Waals surface area contributed by atoms with Gasteiger partial charge in [0.05, 0.1) is 32.8 Å². The summed E-state index contributed by atoms with van der Waals surface area (Å²) in [5, 5.41) is 0. The van der Waals surface area contributed by atoms with E-state index < -0.39 is 6.04 Å². The van der Waals surface area contributed by atoms with Crippen LogP contribution in [-0.4, -0.2) is 62.4 Å². The maximum atomic E-state index is 12.1. The molecule has 0 radical (unpaired) electrons. The van der Waals surface area contributed by atoms with Gasteiger partial charge in [-0.05, 0) is 12.8 Å². The van der Waals surface area contributed by atoms with E-state index in [0.717, 1.165) is 12.8 Å².